The summed E-state index contributed by atoms with van der Waals surface area (Å²) < 4.78 is 0. The van der Waals surface area contributed by atoms with Crippen LogP contribution in [0.3, 0.4) is 0 Å². The minimum absolute atomic E-state index is 0.0909. The summed E-state index contributed by atoms with van der Waals surface area (Å²) in [7, 11) is 0. The molecule has 1 amide bonds. The summed E-state index contributed by atoms with van der Waals surface area (Å²) in [6.45, 7) is 6.84. The molecule has 1 aliphatic rings. The molecule has 2 heterocycles. The van der Waals surface area contributed by atoms with E-state index in [9.17, 15) is 4.79 Å². The SMILES string of the molecule is Cc1cc2c(cc1N)N(C(=O)c1cc(C)c(C)s1)CC2. The number of fused-ring (bicyclic) bond motifs is 1. The third kappa shape index (κ3) is 2.00. The van der Waals surface area contributed by atoms with E-state index in [0.717, 1.165) is 34.8 Å². The molecule has 0 bridgehead atoms. The third-order valence-corrected chi connectivity index (χ3v) is 5.13. The standard InChI is InChI=1S/C16H18N2OS/c1-9-7-15(20-11(9)3)16(19)18-5-4-12-6-10(2)13(17)8-14(12)18/h6-8H,4-5,17H2,1-3H3. The van der Waals surface area contributed by atoms with E-state index in [1.165, 1.54) is 16.0 Å². The van der Waals surface area contributed by atoms with E-state index in [4.69, 9.17) is 5.73 Å². The van der Waals surface area contributed by atoms with E-state index >= 15 is 0 Å². The van der Waals surface area contributed by atoms with Gasteiger partial charge in [0.25, 0.3) is 5.91 Å². The van der Waals surface area contributed by atoms with Crippen LogP contribution < -0.4 is 10.6 Å². The molecule has 1 aromatic heterocycles. The number of nitrogen functional groups attached to an aromatic ring is 1. The number of rotatable bonds is 1. The number of thiophene rings is 1. The summed E-state index contributed by atoms with van der Waals surface area (Å²) in [5.74, 6) is 0.0909. The first-order valence-electron chi connectivity index (χ1n) is 6.75. The van der Waals surface area contributed by atoms with Gasteiger partial charge in [0, 0.05) is 22.8 Å². The van der Waals surface area contributed by atoms with Crippen LogP contribution in [-0.2, 0) is 6.42 Å². The molecular formula is C16H18N2OS. The Hall–Kier alpha value is -1.81. The molecule has 0 saturated heterocycles. The Balaban J connectivity index is 1.98. The molecule has 2 N–H and O–H groups in total. The molecule has 104 valence electrons. The first-order chi connectivity index (χ1) is 9.47. The Bertz CT molecular complexity index is 683. The lowest BCUT2D eigenvalue weighted by atomic mass is 10.1. The maximum atomic E-state index is 12.7. The molecular weight excluding hydrogens is 268 g/mol. The molecule has 4 heteroatoms. The average molecular weight is 286 g/mol. The smallest absolute Gasteiger partial charge is 0.268 e. The normalized spacial score (nSPS) is 13.7. The topological polar surface area (TPSA) is 46.3 Å². The molecule has 1 aromatic carbocycles. The number of hydrogen-bond acceptors (Lipinski definition) is 3. The van der Waals surface area contributed by atoms with Crippen molar-refractivity contribution in [2.45, 2.75) is 27.2 Å². The molecule has 20 heavy (non-hydrogen) atoms. The molecule has 0 saturated carbocycles. The predicted octanol–water partition coefficient (Wildman–Crippen LogP) is 3.46. The number of amides is 1. The molecule has 0 unspecified atom stereocenters. The Morgan fingerprint density at radius 2 is 1.95 bits per heavy atom. The van der Waals surface area contributed by atoms with Crippen molar-refractivity contribution in [2.75, 3.05) is 17.2 Å². The zero-order chi connectivity index (χ0) is 14.4. The van der Waals surface area contributed by atoms with Gasteiger partial charge in [-0.25, -0.2) is 0 Å². The van der Waals surface area contributed by atoms with Crippen molar-refractivity contribution < 1.29 is 4.79 Å². The number of hydrogen-bond donors (Lipinski definition) is 1. The number of aryl methyl sites for hydroxylation is 3. The molecule has 0 atom stereocenters. The van der Waals surface area contributed by atoms with Gasteiger partial charge in [-0.1, -0.05) is 6.07 Å². The van der Waals surface area contributed by atoms with Gasteiger partial charge in [0.2, 0.25) is 0 Å². The quantitative estimate of drug-likeness (QED) is 0.816. The van der Waals surface area contributed by atoms with Crippen LogP contribution in [0.4, 0.5) is 11.4 Å². The van der Waals surface area contributed by atoms with E-state index in [1.54, 1.807) is 11.3 Å². The summed E-state index contributed by atoms with van der Waals surface area (Å²) in [6.07, 6.45) is 0.908. The number of nitrogens with zero attached hydrogens (tertiary/aromatic N) is 1. The van der Waals surface area contributed by atoms with Crippen molar-refractivity contribution in [2.24, 2.45) is 0 Å². The third-order valence-electron chi connectivity index (χ3n) is 3.98. The van der Waals surface area contributed by atoms with Crippen molar-refractivity contribution >= 4 is 28.6 Å². The van der Waals surface area contributed by atoms with Crippen molar-refractivity contribution in [3.63, 3.8) is 0 Å². The summed E-state index contributed by atoms with van der Waals surface area (Å²) in [5, 5.41) is 0. The van der Waals surface area contributed by atoms with Crippen molar-refractivity contribution in [3.8, 4) is 0 Å². The van der Waals surface area contributed by atoms with Crippen LogP contribution in [0.1, 0.15) is 31.2 Å². The molecule has 0 fully saturated rings. The molecule has 3 rings (SSSR count). The Morgan fingerprint density at radius 3 is 2.60 bits per heavy atom. The number of nitrogens with two attached hydrogens (primary N) is 1. The maximum Gasteiger partial charge on any atom is 0.268 e. The first kappa shape index (κ1) is 13.2. The van der Waals surface area contributed by atoms with E-state index in [0.29, 0.717) is 0 Å². The van der Waals surface area contributed by atoms with E-state index in [-0.39, 0.29) is 5.91 Å². The van der Waals surface area contributed by atoms with Gasteiger partial charge in [-0.05, 0) is 56.0 Å². The Labute approximate surface area is 123 Å². The van der Waals surface area contributed by atoms with Gasteiger partial charge < -0.3 is 10.6 Å². The second kappa shape index (κ2) is 4.63. The van der Waals surface area contributed by atoms with Gasteiger partial charge in [-0.2, -0.15) is 0 Å². The largest absolute Gasteiger partial charge is 0.398 e. The fraction of sp³-hybridized carbons (Fsp3) is 0.312. The predicted molar refractivity (Wildman–Crippen MR) is 84.8 cm³/mol. The highest BCUT2D eigenvalue weighted by atomic mass is 32.1. The first-order valence-corrected chi connectivity index (χ1v) is 7.57. The second-order valence-electron chi connectivity index (χ2n) is 5.39. The summed E-state index contributed by atoms with van der Waals surface area (Å²) in [5.41, 5.74) is 11.2. The van der Waals surface area contributed by atoms with Crippen LogP contribution >= 0.6 is 11.3 Å². The molecule has 1 aliphatic heterocycles. The van der Waals surface area contributed by atoms with Gasteiger partial charge in [0.05, 0.1) is 4.88 Å². The maximum absolute atomic E-state index is 12.7. The average Bonchev–Trinajstić information content (AvgIpc) is 2.94. The zero-order valence-corrected chi connectivity index (χ0v) is 12.8. The molecule has 0 aliphatic carbocycles. The van der Waals surface area contributed by atoms with Gasteiger partial charge in [0.1, 0.15) is 0 Å². The van der Waals surface area contributed by atoms with Crippen LogP contribution in [0.2, 0.25) is 0 Å². The van der Waals surface area contributed by atoms with Gasteiger partial charge >= 0.3 is 0 Å². The highest BCUT2D eigenvalue weighted by molar-refractivity contribution is 7.14. The summed E-state index contributed by atoms with van der Waals surface area (Å²) in [4.78, 5) is 16.5. The number of anilines is 2. The van der Waals surface area contributed by atoms with E-state index in [1.807, 2.05) is 30.9 Å². The molecule has 0 spiro atoms. The monoisotopic (exact) mass is 286 g/mol. The lowest BCUT2D eigenvalue weighted by Gasteiger charge is -2.17. The zero-order valence-electron chi connectivity index (χ0n) is 12.0. The minimum atomic E-state index is 0.0909. The lowest BCUT2D eigenvalue weighted by molar-refractivity contribution is 0.0993. The highest BCUT2D eigenvalue weighted by Gasteiger charge is 2.27. The van der Waals surface area contributed by atoms with Crippen LogP contribution in [0.15, 0.2) is 18.2 Å². The molecule has 3 nitrogen and oxygen atoms in total. The summed E-state index contributed by atoms with van der Waals surface area (Å²) >= 11 is 1.57. The highest BCUT2D eigenvalue weighted by Crippen LogP contribution is 2.34. The van der Waals surface area contributed by atoms with Gasteiger partial charge in [-0.3, -0.25) is 4.79 Å². The van der Waals surface area contributed by atoms with Crippen LogP contribution in [-0.4, -0.2) is 12.5 Å². The van der Waals surface area contributed by atoms with Crippen LogP contribution in [0.5, 0.6) is 0 Å². The van der Waals surface area contributed by atoms with Gasteiger partial charge in [0.15, 0.2) is 0 Å². The fourth-order valence-corrected chi connectivity index (χ4v) is 3.58. The number of carbonyl (C=O) groups excluding carboxylic acids is 1. The summed E-state index contributed by atoms with van der Waals surface area (Å²) in [6, 6.07) is 6.02. The number of benzene rings is 1. The van der Waals surface area contributed by atoms with Crippen LogP contribution in [0, 0.1) is 20.8 Å². The Morgan fingerprint density at radius 1 is 1.20 bits per heavy atom. The van der Waals surface area contributed by atoms with E-state index in [2.05, 4.69) is 13.0 Å². The second-order valence-corrected chi connectivity index (χ2v) is 6.65. The van der Waals surface area contributed by atoms with Crippen molar-refractivity contribution in [3.05, 3.63) is 44.6 Å². The van der Waals surface area contributed by atoms with Crippen molar-refractivity contribution in [1.29, 1.82) is 0 Å². The Kier molecular flexibility index (Phi) is 3.05. The molecule has 2 aromatic rings. The lowest BCUT2D eigenvalue weighted by Crippen LogP contribution is -2.28. The van der Waals surface area contributed by atoms with Crippen molar-refractivity contribution in [1.82, 2.24) is 0 Å². The molecule has 0 radical (unpaired) electrons. The van der Waals surface area contributed by atoms with E-state index < -0.39 is 0 Å². The number of carbonyl (C=O) groups is 1. The fourth-order valence-electron chi connectivity index (χ4n) is 2.60. The van der Waals surface area contributed by atoms with Gasteiger partial charge in [-0.15, -0.1) is 11.3 Å². The minimum Gasteiger partial charge on any atom is -0.398 e. The van der Waals surface area contributed by atoms with Crippen LogP contribution in [0.25, 0.3) is 0 Å².